The zero-order chi connectivity index (χ0) is 27.8. The summed E-state index contributed by atoms with van der Waals surface area (Å²) in [6, 6.07) is 28.4. The van der Waals surface area contributed by atoms with Crippen LogP contribution in [0.4, 0.5) is 0 Å². The van der Waals surface area contributed by atoms with E-state index in [1.54, 1.807) is 6.08 Å². The van der Waals surface area contributed by atoms with Crippen molar-refractivity contribution in [3.8, 4) is 22.3 Å². The van der Waals surface area contributed by atoms with Crippen LogP contribution in [0.15, 0.2) is 91.0 Å². The van der Waals surface area contributed by atoms with Gasteiger partial charge in [0, 0.05) is 3.57 Å². The molecule has 0 spiro atoms. The van der Waals surface area contributed by atoms with E-state index in [9.17, 15) is 4.79 Å². The molecule has 8 bridgehead atoms. The maximum atomic E-state index is 11.4. The maximum Gasteiger partial charge on any atom is 2.00 e. The van der Waals surface area contributed by atoms with Crippen molar-refractivity contribution < 1.29 is 21.3 Å². The number of aldehydes is 1. The van der Waals surface area contributed by atoms with Gasteiger partial charge in [0.1, 0.15) is 6.29 Å². The molecule has 7 heteroatoms. The van der Waals surface area contributed by atoms with Gasteiger partial charge in [-0.05, 0) is 80.8 Å². The zero-order valence-electron chi connectivity index (χ0n) is 22.0. The van der Waals surface area contributed by atoms with E-state index in [4.69, 9.17) is 19.9 Å². The largest absolute Gasteiger partial charge is 2.00 e. The van der Waals surface area contributed by atoms with Crippen LogP contribution in [0.2, 0.25) is 0 Å². The van der Waals surface area contributed by atoms with Gasteiger partial charge < -0.3 is 9.97 Å². The number of fused-ring (bicyclic) bond motifs is 8. The maximum absolute atomic E-state index is 11.4. The van der Waals surface area contributed by atoms with E-state index in [1.807, 2.05) is 85.0 Å². The summed E-state index contributed by atoms with van der Waals surface area (Å²) in [7, 11) is 0. The van der Waals surface area contributed by atoms with Crippen LogP contribution in [-0.4, -0.2) is 16.3 Å². The normalized spacial score (nSPS) is 12.0. The van der Waals surface area contributed by atoms with Gasteiger partial charge in [0.25, 0.3) is 0 Å². The number of aromatic nitrogens is 4. The Bertz CT molecular complexity index is 2040. The number of hydrogen-bond donors (Lipinski definition) is 0. The van der Waals surface area contributed by atoms with Crippen molar-refractivity contribution >= 4 is 81.3 Å². The second-order valence-corrected chi connectivity index (χ2v) is 10.6. The fourth-order valence-corrected chi connectivity index (χ4v) is 5.78. The van der Waals surface area contributed by atoms with Crippen molar-refractivity contribution in [3.05, 3.63) is 123 Å². The Balaban J connectivity index is 0.00000316. The van der Waals surface area contributed by atoms with E-state index in [0.717, 1.165) is 82.5 Å². The van der Waals surface area contributed by atoms with Crippen molar-refractivity contribution in [2.24, 2.45) is 0 Å². The molecule has 0 fully saturated rings. The number of halogens is 1. The van der Waals surface area contributed by atoms with Gasteiger partial charge in [-0.15, -0.1) is 22.1 Å². The van der Waals surface area contributed by atoms with Crippen LogP contribution in [-0.2, 0) is 21.3 Å². The quantitative estimate of drug-likeness (QED) is 0.0805. The Kier molecular flexibility index (Phi) is 7.87. The molecule has 2 aliphatic rings. The van der Waals surface area contributed by atoms with Crippen LogP contribution in [0.1, 0.15) is 28.3 Å². The van der Waals surface area contributed by atoms with Gasteiger partial charge in [-0.1, -0.05) is 91.0 Å². The molecule has 5 heterocycles. The first-order chi connectivity index (χ1) is 20.2. The molecule has 0 N–H and O–H groups in total. The predicted octanol–water partition coefficient (Wildman–Crippen LogP) is 8.06. The molecule has 2 aliphatic heterocycles. The molecule has 0 aliphatic carbocycles. The number of benzene rings is 2. The first-order valence-electron chi connectivity index (χ1n) is 13.1. The number of hydrogen-bond acceptors (Lipinski definition) is 3. The zero-order valence-corrected chi connectivity index (χ0v) is 25.2. The number of rotatable bonds is 4. The summed E-state index contributed by atoms with van der Waals surface area (Å²) < 4.78 is 0.967. The Morgan fingerprint density at radius 3 is 1.64 bits per heavy atom. The molecule has 3 aromatic heterocycles. The van der Waals surface area contributed by atoms with Crippen molar-refractivity contribution in [2.45, 2.75) is 0 Å². The van der Waals surface area contributed by atoms with Gasteiger partial charge in [0.05, 0.1) is 22.8 Å². The van der Waals surface area contributed by atoms with Crippen LogP contribution in [0.3, 0.4) is 0 Å². The Morgan fingerprint density at radius 1 is 0.571 bits per heavy atom. The Labute approximate surface area is 266 Å². The third kappa shape index (κ3) is 5.10. The second-order valence-electron chi connectivity index (χ2n) is 9.57. The summed E-state index contributed by atoms with van der Waals surface area (Å²) in [4.78, 5) is 31.6. The van der Waals surface area contributed by atoms with Crippen LogP contribution in [0, 0.1) is 3.57 Å². The van der Waals surface area contributed by atoms with Crippen LogP contribution < -0.4 is 9.97 Å². The number of nitrogens with zero attached hydrogens (tertiary/aromatic N) is 4. The van der Waals surface area contributed by atoms with Gasteiger partial charge in [-0.25, -0.2) is 9.97 Å². The molecular weight excluding hydrogens is 678 g/mol. The van der Waals surface area contributed by atoms with E-state index in [1.165, 1.54) is 6.08 Å². The van der Waals surface area contributed by atoms with Gasteiger partial charge >= 0.3 is 16.5 Å². The minimum atomic E-state index is 0. The molecule has 0 saturated carbocycles. The van der Waals surface area contributed by atoms with Crippen molar-refractivity contribution in [1.29, 1.82) is 0 Å². The SMILES string of the molecule is O=C/C=C/c1c2nc(c(-c3ccccc3)c3ccc([n-]3)c(I)c3nc(c(-c4ccccc4)c4ccc1[n-]4)C=C3)C=C2.[Ni+2]. The van der Waals surface area contributed by atoms with Crippen LogP contribution in [0.25, 0.3) is 74.7 Å². The number of carbonyl (C=O) groups excluding carboxylic acids is 1. The molecule has 7 rings (SSSR count). The molecule has 0 saturated heterocycles. The van der Waals surface area contributed by atoms with Gasteiger partial charge in [-0.2, -0.15) is 0 Å². The van der Waals surface area contributed by atoms with E-state index < -0.39 is 0 Å². The Hall–Kier alpha value is -4.33. The van der Waals surface area contributed by atoms with E-state index in [0.29, 0.717) is 0 Å². The first kappa shape index (κ1) is 27.8. The molecule has 0 unspecified atom stereocenters. The molecule has 0 amide bonds. The summed E-state index contributed by atoms with van der Waals surface area (Å²) in [5.74, 6) is 0. The summed E-state index contributed by atoms with van der Waals surface area (Å²) in [5, 5.41) is 0. The van der Waals surface area contributed by atoms with Crippen LogP contribution >= 0.6 is 22.6 Å². The molecule has 0 atom stereocenters. The smallest absolute Gasteiger partial charge is 0.657 e. The fourth-order valence-electron chi connectivity index (χ4n) is 5.18. The summed E-state index contributed by atoms with van der Waals surface area (Å²) in [5.41, 5.74) is 11.1. The standard InChI is InChI=1S/C35H22IN4O.Ni/c36-35-31-19-17-29(39-31)33(22-8-3-1-4-9-22)27-15-13-25(37-27)24(12-7-21-41)26-14-16-28(38-26)34(23-10-5-2-6-11-23)30-18-20-32(35)40-30;/h1-21H,(H-,37,38,39,40,41);/q-1;+2/p-1. The average Bonchev–Trinajstić information content (AvgIpc) is 3.83. The Morgan fingerprint density at radius 2 is 1.05 bits per heavy atom. The second kappa shape index (κ2) is 11.9. The molecular formula is C35H21IN4NiO. The van der Waals surface area contributed by atoms with Gasteiger partial charge in [-0.3, -0.25) is 4.79 Å². The van der Waals surface area contributed by atoms with Crippen molar-refractivity contribution in [1.82, 2.24) is 19.9 Å². The molecule has 2 aromatic carbocycles. The van der Waals surface area contributed by atoms with Crippen molar-refractivity contribution in [3.63, 3.8) is 0 Å². The third-order valence-electron chi connectivity index (χ3n) is 7.05. The van der Waals surface area contributed by atoms with Crippen LogP contribution in [0.5, 0.6) is 0 Å². The molecule has 5 aromatic rings. The van der Waals surface area contributed by atoms with Crippen molar-refractivity contribution in [2.75, 3.05) is 0 Å². The predicted molar refractivity (Wildman–Crippen MR) is 175 cm³/mol. The van der Waals surface area contributed by atoms with E-state index in [2.05, 4.69) is 46.9 Å². The third-order valence-corrected chi connectivity index (χ3v) is 8.16. The first-order valence-corrected chi connectivity index (χ1v) is 14.2. The summed E-state index contributed by atoms with van der Waals surface area (Å²) in [6.07, 6.45) is 12.1. The fraction of sp³-hybridized carbons (Fsp3) is 0. The average molecular weight is 699 g/mol. The topological polar surface area (TPSA) is 71.1 Å². The summed E-state index contributed by atoms with van der Waals surface area (Å²) in [6.45, 7) is 0. The molecule has 204 valence electrons. The minimum Gasteiger partial charge on any atom is -0.657 e. The summed E-state index contributed by atoms with van der Waals surface area (Å²) >= 11 is 2.34. The molecule has 0 radical (unpaired) electrons. The van der Waals surface area contributed by atoms with Gasteiger partial charge in [0.15, 0.2) is 0 Å². The number of allylic oxidation sites excluding steroid dienone is 1. The van der Waals surface area contributed by atoms with Gasteiger partial charge in [0.2, 0.25) is 0 Å². The molecule has 42 heavy (non-hydrogen) atoms. The molecule has 5 nitrogen and oxygen atoms in total. The van der Waals surface area contributed by atoms with E-state index in [-0.39, 0.29) is 16.5 Å². The minimum absolute atomic E-state index is 0. The number of carbonyl (C=O) groups is 1. The monoisotopic (exact) mass is 698 g/mol. The van der Waals surface area contributed by atoms with E-state index >= 15 is 0 Å².